The second-order valence-corrected chi connectivity index (χ2v) is 6.75. The van der Waals surface area contributed by atoms with Crippen molar-refractivity contribution in [1.29, 1.82) is 0 Å². The second kappa shape index (κ2) is 6.86. The molecule has 0 spiro atoms. The maximum absolute atomic E-state index is 12.5. The number of benzene rings is 2. The molecule has 0 fully saturated rings. The van der Waals surface area contributed by atoms with Crippen LogP contribution in [0, 0.1) is 0 Å². The number of aromatic nitrogens is 1. The number of nitrogens with one attached hydrogen (secondary N) is 1. The maximum Gasteiger partial charge on any atom is 0.264 e. The summed E-state index contributed by atoms with van der Waals surface area (Å²) < 4.78 is 42.7. The number of ether oxygens (including phenoxy) is 2. The number of sulfonamides is 1. The van der Waals surface area contributed by atoms with E-state index in [1.165, 1.54) is 38.5 Å². The highest BCUT2D eigenvalue weighted by Crippen LogP contribution is 2.30. The molecule has 25 heavy (non-hydrogen) atoms. The van der Waals surface area contributed by atoms with E-state index in [0.29, 0.717) is 17.2 Å². The molecule has 3 aromatic rings. The van der Waals surface area contributed by atoms with Crippen LogP contribution in [0.3, 0.4) is 0 Å². The van der Waals surface area contributed by atoms with Crippen LogP contribution in [-0.2, 0) is 10.0 Å². The zero-order chi connectivity index (χ0) is 17.9. The first-order valence-corrected chi connectivity index (χ1v) is 8.79. The van der Waals surface area contributed by atoms with Crippen molar-refractivity contribution in [1.82, 2.24) is 5.16 Å². The molecule has 0 bridgehead atoms. The molecule has 0 saturated carbocycles. The minimum absolute atomic E-state index is 0.0165. The zero-order valence-electron chi connectivity index (χ0n) is 13.6. The Hall–Kier alpha value is -3.00. The van der Waals surface area contributed by atoms with Crippen molar-refractivity contribution < 1.29 is 22.4 Å². The summed E-state index contributed by atoms with van der Waals surface area (Å²) in [6.45, 7) is 0. The van der Waals surface area contributed by atoms with Gasteiger partial charge in [0.05, 0.1) is 19.1 Å². The summed E-state index contributed by atoms with van der Waals surface area (Å²) in [5, 5.41) is 3.88. The molecule has 3 rings (SSSR count). The summed E-state index contributed by atoms with van der Waals surface area (Å²) in [6, 6.07) is 15.1. The van der Waals surface area contributed by atoms with Gasteiger partial charge in [-0.2, -0.15) is 0 Å². The van der Waals surface area contributed by atoms with Gasteiger partial charge < -0.3 is 14.0 Å². The van der Waals surface area contributed by atoms with E-state index in [4.69, 9.17) is 14.0 Å². The SMILES string of the molecule is COc1ccc(S(=O)(=O)Nc2cc(-c3ccccc3)no2)cc1OC. The van der Waals surface area contributed by atoms with Crippen molar-refractivity contribution in [3.63, 3.8) is 0 Å². The van der Waals surface area contributed by atoms with Crippen LogP contribution in [0.15, 0.2) is 64.0 Å². The van der Waals surface area contributed by atoms with Gasteiger partial charge in [-0.1, -0.05) is 35.5 Å². The van der Waals surface area contributed by atoms with Crippen LogP contribution in [0.4, 0.5) is 5.88 Å². The van der Waals surface area contributed by atoms with Gasteiger partial charge in [0.25, 0.3) is 10.0 Å². The Morgan fingerprint density at radius 2 is 1.68 bits per heavy atom. The van der Waals surface area contributed by atoms with Crippen molar-refractivity contribution in [3.05, 3.63) is 54.6 Å². The first kappa shape index (κ1) is 16.8. The first-order valence-electron chi connectivity index (χ1n) is 7.30. The third-order valence-corrected chi connectivity index (χ3v) is 4.82. The Bertz CT molecular complexity index is 968. The maximum atomic E-state index is 12.5. The average Bonchev–Trinajstić information content (AvgIpc) is 3.09. The molecule has 8 heteroatoms. The number of hydrogen-bond donors (Lipinski definition) is 1. The van der Waals surface area contributed by atoms with Crippen molar-refractivity contribution in [3.8, 4) is 22.8 Å². The lowest BCUT2D eigenvalue weighted by Gasteiger charge is -2.10. The topological polar surface area (TPSA) is 90.7 Å². The molecule has 7 nitrogen and oxygen atoms in total. The van der Waals surface area contributed by atoms with Crippen molar-refractivity contribution in [2.75, 3.05) is 18.9 Å². The van der Waals surface area contributed by atoms with E-state index in [1.807, 2.05) is 30.3 Å². The fourth-order valence-electron chi connectivity index (χ4n) is 2.24. The lowest BCUT2D eigenvalue weighted by molar-refractivity contribution is 0.354. The highest BCUT2D eigenvalue weighted by atomic mass is 32.2. The minimum atomic E-state index is -3.86. The molecule has 0 aliphatic rings. The smallest absolute Gasteiger partial charge is 0.264 e. The van der Waals surface area contributed by atoms with Crippen molar-refractivity contribution in [2.24, 2.45) is 0 Å². The summed E-state index contributed by atoms with van der Waals surface area (Å²) in [5.74, 6) is 0.772. The van der Waals surface area contributed by atoms with Gasteiger partial charge in [-0.05, 0) is 12.1 Å². The molecular weight excluding hydrogens is 344 g/mol. The highest BCUT2D eigenvalue weighted by molar-refractivity contribution is 7.92. The Kier molecular flexibility index (Phi) is 4.62. The summed E-state index contributed by atoms with van der Waals surface area (Å²) >= 11 is 0. The number of methoxy groups -OCH3 is 2. The lowest BCUT2D eigenvalue weighted by Crippen LogP contribution is -2.12. The Morgan fingerprint density at radius 1 is 0.960 bits per heavy atom. The van der Waals surface area contributed by atoms with E-state index in [2.05, 4.69) is 9.88 Å². The molecule has 0 aliphatic heterocycles. The number of nitrogens with zero attached hydrogens (tertiary/aromatic N) is 1. The number of rotatable bonds is 6. The van der Waals surface area contributed by atoms with Crippen molar-refractivity contribution >= 4 is 15.9 Å². The van der Waals surface area contributed by atoms with E-state index in [1.54, 1.807) is 0 Å². The van der Waals surface area contributed by atoms with Crippen LogP contribution < -0.4 is 14.2 Å². The quantitative estimate of drug-likeness (QED) is 0.726. The monoisotopic (exact) mass is 360 g/mol. The van der Waals surface area contributed by atoms with Crippen LogP contribution in [0.25, 0.3) is 11.3 Å². The standard InChI is InChI=1S/C17H16N2O5S/c1-22-15-9-8-13(10-16(15)23-2)25(20,21)19-17-11-14(18-24-17)12-6-4-3-5-7-12/h3-11,19H,1-2H3. The first-order chi connectivity index (χ1) is 12.0. The Morgan fingerprint density at radius 3 is 2.36 bits per heavy atom. The van der Waals surface area contributed by atoms with Crippen LogP contribution in [0.5, 0.6) is 11.5 Å². The molecule has 1 N–H and O–H groups in total. The summed E-state index contributed by atoms with van der Waals surface area (Å²) in [7, 11) is -0.948. The van der Waals surface area contributed by atoms with Gasteiger partial charge in [0.2, 0.25) is 5.88 Å². The fraction of sp³-hybridized carbons (Fsp3) is 0.118. The molecule has 2 aromatic carbocycles. The third-order valence-electron chi connectivity index (χ3n) is 3.48. The minimum Gasteiger partial charge on any atom is -0.493 e. The number of anilines is 1. The van der Waals surface area contributed by atoms with Crippen LogP contribution in [0.1, 0.15) is 0 Å². The predicted octanol–water partition coefficient (Wildman–Crippen LogP) is 3.16. The Balaban J connectivity index is 1.86. The highest BCUT2D eigenvalue weighted by Gasteiger charge is 2.19. The molecule has 0 atom stereocenters. The normalized spacial score (nSPS) is 11.1. The summed E-state index contributed by atoms with van der Waals surface area (Å²) in [6.07, 6.45) is 0. The van der Waals surface area contributed by atoms with Gasteiger partial charge in [-0.15, -0.1) is 0 Å². The molecule has 1 heterocycles. The van der Waals surface area contributed by atoms with E-state index >= 15 is 0 Å². The Labute approximate surface area is 145 Å². The largest absolute Gasteiger partial charge is 0.493 e. The third kappa shape index (κ3) is 3.58. The van der Waals surface area contributed by atoms with Gasteiger partial charge >= 0.3 is 0 Å². The van der Waals surface area contributed by atoms with E-state index in [0.717, 1.165) is 5.56 Å². The number of hydrogen-bond acceptors (Lipinski definition) is 6. The predicted molar refractivity (Wildman–Crippen MR) is 92.3 cm³/mol. The molecule has 1 aromatic heterocycles. The van der Waals surface area contributed by atoms with Gasteiger partial charge in [0, 0.05) is 17.7 Å². The molecule has 0 aliphatic carbocycles. The molecule has 0 radical (unpaired) electrons. The molecule has 0 saturated heterocycles. The van der Waals surface area contributed by atoms with Gasteiger partial charge in [-0.25, -0.2) is 13.1 Å². The van der Waals surface area contributed by atoms with Gasteiger partial charge in [0.1, 0.15) is 5.69 Å². The van der Waals surface area contributed by atoms with E-state index in [-0.39, 0.29) is 10.8 Å². The molecule has 0 amide bonds. The van der Waals surface area contributed by atoms with Gasteiger partial charge in [0.15, 0.2) is 11.5 Å². The van der Waals surface area contributed by atoms with E-state index < -0.39 is 10.0 Å². The van der Waals surface area contributed by atoms with E-state index in [9.17, 15) is 8.42 Å². The second-order valence-electron chi connectivity index (χ2n) is 5.06. The van der Waals surface area contributed by atoms with Crippen LogP contribution in [0.2, 0.25) is 0 Å². The molecular formula is C17H16N2O5S. The zero-order valence-corrected chi connectivity index (χ0v) is 14.4. The van der Waals surface area contributed by atoms with Crippen molar-refractivity contribution in [2.45, 2.75) is 4.90 Å². The fourth-order valence-corrected chi connectivity index (χ4v) is 3.23. The van der Waals surface area contributed by atoms with Crippen LogP contribution in [-0.4, -0.2) is 27.8 Å². The average molecular weight is 360 g/mol. The summed E-state index contributed by atoms with van der Waals surface area (Å²) in [4.78, 5) is 0.0165. The lowest BCUT2D eigenvalue weighted by atomic mass is 10.2. The molecule has 130 valence electrons. The molecule has 0 unspecified atom stereocenters. The summed E-state index contributed by atoms with van der Waals surface area (Å²) in [5.41, 5.74) is 1.36. The van der Waals surface area contributed by atoms with Crippen LogP contribution >= 0.6 is 0 Å². The van der Waals surface area contributed by atoms with Gasteiger partial charge in [-0.3, -0.25) is 0 Å².